The number of benzene rings is 4. The molecular formula is C37H28GeIrN2S2-2. The quantitative estimate of drug-likeness (QED) is 0.131. The maximum Gasteiger partial charge on any atom is 0.0355 e. The third-order valence-electron chi connectivity index (χ3n) is 7.47. The molecule has 4 aromatic heterocycles. The smallest absolute Gasteiger partial charge is 0.0355 e. The molecule has 0 saturated carbocycles. The van der Waals surface area contributed by atoms with Gasteiger partial charge in [-0.05, 0) is 27.9 Å². The van der Waals surface area contributed by atoms with E-state index < -0.39 is 13.3 Å². The van der Waals surface area contributed by atoms with Gasteiger partial charge in [0.05, 0.1) is 0 Å². The molecule has 0 aliphatic rings. The molecule has 0 spiro atoms. The number of thiophene rings is 2. The molecule has 1 radical (unpaired) electrons. The van der Waals surface area contributed by atoms with Crippen LogP contribution in [0.5, 0.6) is 0 Å². The van der Waals surface area contributed by atoms with Crippen LogP contribution in [0.4, 0.5) is 0 Å². The topological polar surface area (TPSA) is 25.8 Å². The Hall–Kier alpha value is -3.19. The molecule has 43 heavy (non-hydrogen) atoms. The first-order valence-corrected chi connectivity index (χ1v) is 23.0. The fraction of sp³-hybridized carbons (Fsp3) is 0.0811. The first-order valence-electron chi connectivity index (χ1n) is 14.0. The number of fused-ring (bicyclic) bond motifs is 6. The molecule has 0 unspecified atom stereocenters. The maximum absolute atomic E-state index is 4.80. The Morgan fingerprint density at radius 2 is 1.28 bits per heavy atom. The van der Waals surface area contributed by atoms with Gasteiger partial charge in [0.2, 0.25) is 0 Å². The van der Waals surface area contributed by atoms with E-state index in [0.29, 0.717) is 0 Å². The Bertz CT molecular complexity index is 2180. The Kier molecular flexibility index (Phi) is 8.63. The van der Waals surface area contributed by atoms with Crippen molar-refractivity contribution in [3.05, 3.63) is 128 Å². The Morgan fingerprint density at radius 1 is 0.581 bits per heavy atom. The van der Waals surface area contributed by atoms with Crippen LogP contribution in [0.3, 0.4) is 0 Å². The van der Waals surface area contributed by atoms with Crippen LogP contribution < -0.4 is 4.40 Å². The zero-order valence-corrected chi connectivity index (χ0v) is 30.1. The van der Waals surface area contributed by atoms with Crippen molar-refractivity contribution in [1.82, 2.24) is 9.97 Å². The summed E-state index contributed by atoms with van der Waals surface area (Å²) in [6, 6.07) is 42.5. The van der Waals surface area contributed by atoms with Crippen molar-refractivity contribution in [3.63, 3.8) is 0 Å². The molecule has 8 aromatic rings. The van der Waals surface area contributed by atoms with E-state index in [1.165, 1.54) is 44.7 Å². The number of hydrogen-bond acceptors (Lipinski definition) is 4. The molecular weight excluding hydrogens is 801 g/mol. The third-order valence-corrected chi connectivity index (χ3v) is 14.1. The van der Waals surface area contributed by atoms with Crippen molar-refractivity contribution in [3.8, 4) is 22.5 Å². The van der Waals surface area contributed by atoms with Crippen molar-refractivity contribution in [1.29, 1.82) is 0 Å². The van der Waals surface area contributed by atoms with Gasteiger partial charge in [0, 0.05) is 51.2 Å². The number of aromatic nitrogens is 2. The van der Waals surface area contributed by atoms with Crippen molar-refractivity contribution >= 4 is 80.7 Å². The van der Waals surface area contributed by atoms with Crippen LogP contribution in [0.25, 0.3) is 62.9 Å². The molecule has 0 amide bonds. The molecule has 0 fully saturated rings. The van der Waals surface area contributed by atoms with Crippen molar-refractivity contribution in [2.45, 2.75) is 17.3 Å². The predicted octanol–water partition coefficient (Wildman–Crippen LogP) is 10.4. The van der Waals surface area contributed by atoms with Crippen LogP contribution in [0, 0.1) is 12.1 Å². The van der Waals surface area contributed by atoms with Crippen LogP contribution in [0.1, 0.15) is 0 Å². The molecule has 213 valence electrons. The fourth-order valence-corrected chi connectivity index (χ4v) is 9.68. The van der Waals surface area contributed by atoms with Gasteiger partial charge in [-0.3, -0.25) is 0 Å². The number of nitrogens with zero attached hydrogens (tertiary/aromatic N) is 2. The summed E-state index contributed by atoms with van der Waals surface area (Å²) in [5.41, 5.74) is 4.18. The second-order valence-electron chi connectivity index (χ2n) is 11.3. The summed E-state index contributed by atoms with van der Waals surface area (Å²) in [6.45, 7) is 0. The van der Waals surface area contributed by atoms with Gasteiger partial charge in [0.1, 0.15) is 0 Å². The normalized spacial score (nSPS) is 11.4. The van der Waals surface area contributed by atoms with E-state index in [1.807, 2.05) is 65.4 Å². The van der Waals surface area contributed by atoms with Gasteiger partial charge in [-0.25, -0.2) is 0 Å². The summed E-state index contributed by atoms with van der Waals surface area (Å²) in [5.74, 6) is 7.14. The molecule has 0 saturated heterocycles. The maximum atomic E-state index is 4.80. The average molecular weight is 830 g/mol. The minimum absolute atomic E-state index is 0. The Balaban J connectivity index is 0.000000168. The molecule has 4 aromatic carbocycles. The Morgan fingerprint density at radius 3 is 1.98 bits per heavy atom. The molecule has 0 atom stereocenters. The summed E-state index contributed by atoms with van der Waals surface area (Å²) in [7, 11) is 0. The minimum Gasteiger partial charge on any atom is -0.304 e. The SMILES string of the molecule is [CH3][Ge]([CH3])([CH3])[c]1ccc(-c2[c-]cccc2)nc1.[Ir].[c-]1ccc2c(sc3ccccc32)c1-c1cc2sc3ccccc3c2cn1. The van der Waals surface area contributed by atoms with Gasteiger partial charge < -0.3 is 4.98 Å². The number of hydrogen-bond donors (Lipinski definition) is 0. The second kappa shape index (κ2) is 12.4. The van der Waals surface area contributed by atoms with Crippen LogP contribution in [0.2, 0.25) is 17.3 Å². The number of rotatable bonds is 3. The minimum atomic E-state index is -1.72. The summed E-state index contributed by atoms with van der Waals surface area (Å²) in [6.07, 6.45) is 4.06. The first-order chi connectivity index (χ1) is 20.5. The standard InChI is InChI=1S/C23H12NS2.C14H16GeN.Ir/c1-4-11-21-14(6-1)16-8-5-9-17(23(16)26-21)19-12-22-18(13-24-19)15-7-2-3-10-20(15)25-22;1-15(2,3)13-9-10-14(16-11-13)12-7-5-4-6-8-12;/h1-8,10-13H;4-7,9-11H,1-3H3;/q2*-1;. The van der Waals surface area contributed by atoms with E-state index in [4.69, 9.17) is 4.98 Å². The molecule has 0 bridgehead atoms. The van der Waals surface area contributed by atoms with Gasteiger partial charge >= 0.3 is 99.8 Å². The molecule has 0 aliphatic carbocycles. The molecule has 0 N–H and O–H groups in total. The van der Waals surface area contributed by atoms with Crippen molar-refractivity contribution in [2.24, 2.45) is 0 Å². The molecule has 4 heterocycles. The van der Waals surface area contributed by atoms with E-state index in [0.717, 1.165) is 22.5 Å². The summed E-state index contributed by atoms with van der Waals surface area (Å²) in [4.78, 5) is 9.33. The zero-order chi connectivity index (χ0) is 28.7. The van der Waals surface area contributed by atoms with Crippen LogP contribution in [-0.4, -0.2) is 23.2 Å². The molecule has 2 nitrogen and oxygen atoms in total. The van der Waals surface area contributed by atoms with Gasteiger partial charge in [0.25, 0.3) is 0 Å². The van der Waals surface area contributed by atoms with Crippen molar-refractivity contribution < 1.29 is 20.1 Å². The van der Waals surface area contributed by atoms with Crippen LogP contribution in [0.15, 0.2) is 116 Å². The average Bonchev–Trinajstić information content (AvgIpc) is 3.59. The predicted molar refractivity (Wildman–Crippen MR) is 186 cm³/mol. The zero-order valence-electron chi connectivity index (χ0n) is 24.0. The van der Waals surface area contributed by atoms with E-state index in [2.05, 4.69) is 107 Å². The van der Waals surface area contributed by atoms with Crippen LogP contribution >= 0.6 is 22.7 Å². The third kappa shape index (κ3) is 5.98. The molecule has 8 rings (SSSR count). The Labute approximate surface area is 276 Å². The van der Waals surface area contributed by atoms with Crippen LogP contribution in [-0.2, 0) is 20.1 Å². The van der Waals surface area contributed by atoms with Gasteiger partial charge in [0.15, 0.2) is 0 Å². The van der Waals surface area contributed by atoms with E-state index in [1.54, 1.807) is 0 Å². The molecule has 0 aliphatic heterocycles. The summed E-state index contributed by atoms with van der Waals surface area (Å²) >= 11 is 1.94. The summed E-state index contributed by atoms with van der Waals surface area (Å²) < 4.78 is 6.61. The first kappa shape index (κ1) is 29.9. The largest absolute Gasteiger partial charge is 0.304 e. The molecule has 6 heteroatoms. The van der Waals surface area contributed by atoms with E-state index >= 15 is 0 Å². The second-order valence-corrected chi connectivity index (χ2v) is 24.1. The fourth-order valence-electron chi connectivity index (χ4n) is 5.19. The van der Waals surface area contributed by atoms with Gasteiger partial charge in [-0.2, -0.15) is 11.3 Å². The monoisotopic (exact) mass is 831 g/mol. The van der Waals surface area contributed by atoms with E-state index in [-0.39, 0.29) is 20.1 Å². The van der Waals surface area contributed by atoms with Gasteiger partial charge in [-0.15, -0.1) is 35.1 Å². The number of pyridine rings is 2. The van der Waals surface area contributed by atoms with Gasteiger partial charge in [-0.1, -0.05) is 47.9 Å². The van der Waals surface area contributed by atoms with E-state index in [9.17, 15) is 0 Å². The van der Waals surface area contributed by atoms with Crippen molar-refractivity contribution in [2.75, 3.05) is 0 Å². The summed E-state index contributed by atoms with van der Waals surface area (Å²) in [5, 5.41) is 5.12.